The Balaban J connectivity index is 0.000000208. The van der Waals surface area contributed by atoms with Gasteiger partial charge in [0.1, 0.15) is 55.0 Å². The van der Waals surface area contributed by atoms with Crippen LogP contribution in [0.2, 0.25) is 0 Å². The fourth-order valence-corrected chi connectivity index (χ4v) is 4.64. The third kappa shape index (κ3) is 10.6. The van der Waals surface area contributed by atoms with E-state index in [4.69, 9.17) is 35.2 Å². The van der Waals surface area contributed by atoms with Crippen LogP contribution in [0.5, 0.6) is 23.0 Å². The van der Waals surface area contributed by atoms with Crippen molar-refractivity contribution in [2.24, 2.45) is 21.5 Å². The van der Waals surface area contributed by atoms with Crippen molar-refractivity contribution in [3.8, 4) is 23.0 Å². The number of phenolic OH excluding ortho intramolecular Hbond substituents is 1. The zero-order chi connectivity index (χ0) is 30.4. The number of aromatic hydroxyl groups is 1. The molecule has 0 saturated heterocycles. The second kappa shape index (κ2) is 16.1. The highest BCUT2D eigenvalue weighted by Crippen LogP contribution is 2.25. The van der Waals surface area contributed by atoms with Gasteiger partial charge in [-0.15, -0.1) is 0 Å². The number of nitrogens with two attached hydrogens (primary N) is 2. The molecule has 10 heteroatoms. The predicted octanol–water partition coefficient (Wildman–Crippen LogP) is 5.18. The van der Waals surface area contributed by atoms with Crippen molar-refractivity contribution in [3.63, 3.8) is 0 Å². The summed E-state index contributed by atoms with van der Waals surface area (Å²) < 4.78 is 28.1. The molecule has 2 aliphatic rings. The summed E-state index contributed by atoms with van der Waals surface area (Å²) in [5.74, 6) is 2.46. The first kappa shape index (κ1) is 31.3. The molecule has 0 radical (unpaired) electrons. The smallest absolute Gasteiger partial charge is 0.282 e. The molecule has 0 saturated carbocycles. The van der Waals surface area contributed by atoms with Crippen LogP contribution in [0.3, 0.4) is 0 Å². The van der Waals surface area contributed by atoms with Crippen molar-refractivity contribution in [2.75, 3.05) is 13.2 Å². The van der Waals surface area contributed by atoms with Crippen molar-refractivity contribution in [3.05, 3.63) is 84.4 Å². The number of aliphatic imine (C=N–C) groups is 2. The van der Waals surface area contributed by atoms with Crippen LogP contribution in [-0.4, -0.2) is 54.7 Å². The summed E-state index contributed by atoms with van der Waals surface area (Å²) in [6, 6.07) is 25.3. The Morgan fingerprint density at radius 1 is 0.744 bits per heavy atom. The maximum absolute atomic E-state index is 9.38. The van der Waals surface area contributed by atoms with Gasteiger partial charge in [0.05, 0.1) is 12.1 Å². The van der Waals surface area contributed by atoms with E-state index in [1.54, 1.807) is 18.2 Å². The van der Waals surface area contributed by atoms with E-state index < -0.39 is 0 Å². The average molecular weight is 591 g/mol. The predicted molar refractivity (Wildman–Crippen MR) is 167 cm³/mol. The quantitative estimate of drug-likeness (QED) is 0.247. The van der Waals surface area contributed by atoms with Gasteiger partial charge in [-0.05, 0) is 42.7 Å². The van der Waals surface area contributed by atoms with Crippen LogP contribution in [0.4, 0.5) is 0 Å². The number of nitrogens with zero attached hydrogens (tertiary/aromatic N) is 2. The van der Waals surface area contributed by atoms with E-state index in [0.717, 1.165) is 42.7 Å². The second-order valence-electron chi connectivity index (χ2n) is 10.4. The number of rotatable bonds is 13. The number of phenols is 1. The Morgan fingerprint density at radius 2 is 1.28 bits per heavy atom. The number of ether oxygens (including phenoxy) is 5. The molecule has 0 aliphatic carbocycles. The summed E-state index contributed by atoms with van der Waals surface area (Å²) in [6.07, 6.45) is 3.39. The van der Waals surface area contributed by atoms with E-state index >= 15 is 0 Å². The van der Waals surface area contributed by atoms with E-state index in [9.17, 15) is 5.11 Å². The molecule has 2 aliphatic heterocycles. The van der Waals surface area contributed by atoms with Gasteiger partial charge in [0, 0.05) is 25.0 Å². The van der Waals surface area contributed by atoms with Gasteiger partial charge < -0.3 is 40.3 Å². The first-order valence-corrected chi connectivity index (χ1v) is 14.7. The third-order valence-electron chi connectivity index (χ3n) is 6.92. The lowest BCUT2D eigenvalue weighted by molar-refractivity contribution is 0.167. The van der Waals surface area contributed by atoms with E-state index in [1.165, 1.54) is 0 Å². The molecule has 10 nitrogen and oxygen atoms in total. The molecule has 2 heterocycles. The number of amidine groups is 2. The van der Waals surface area contributed by atoms with E-state index in [0.29, 0.717) is 25.6 Å². The van der Waals surface area contributed by atoms with Gasteiger partial charge in [0.2, 0.25) is 0 Å². The van der Waals surface area contributed by atoms with Gasteiger partial charge in [-0.2, -0.15) is 0 Å². The minimum absolute atomic E-state index is 0.0371. The first-order valence-electron chi connectivity index (χ1n) is 14.7. The molecule has 3 aromatic rings. The van der Waals surface area contributed by atoms with Crippen LogP contribution in [0, 0.1) is 0 Å². The summed E-state index contributed by atoms with van der Waals surface area (Å²) in [7, 11) is 0. The zero-order valence-corrected chi connectivity index (χ0v) is 24.8. The molecule has 5 N–H and O–H groups in total. The molecule has 0 fully saturated rings. The van der Waals surface area contributed by atoms with Crippen LogP contribution in [0.15, 0.2) is 88.8 Å². The van der Waals surface area contributed by atoms with Crippen molar-refractivity contribution in [1.82, 2.24) is 0 Å². The van der Waals surface area contributed by atoms with Gasteiger partial charge in [0.15, 0.2) is 0 Å². The molecule has 0 bridgehead atoms. The molecular weight excluding hydrogens is 548 g/mol. The van der Waals surface area contributed by atoms with Crippen molar-refractivity contribution < 1.29 is 28.8 Å². The van der Waals surface area contributed by atoms with Crippen LogP contribution in [0.25, 0.3) is 0 Å². The highest BCUT2D eigenvalue weighted by Gasteiger charge is 2.23. The molecule has 4 atom stereocenters. The zero-order valence-electron chi connectivity index (χ0n) is 24.8. The molecule has 0 unspecified atom stereocenters. The van der Waals surface area contributed by atoms with Gasteiger partial charge >= 0.3 is 0 Å². The molecule has 43 heavy (non-hydrogen) atoms. The Bertz CT molecular complexity index is 1340. The lowest BCUT2D eigenvalue weighted by Crippen LogP contribution is -2.22. The van der Waals surface area contributed by atoms with Gasteiger partial charge in [-0.1, -0.05) is 56.3 Å². The minimum atomic E-state index is 0.0371. The van der Waals surface area contributed by atoms with E-state index in [2.05, 4.69) is 23.8 Å². The van der Waals surface area contributed by atoms with Crippen molar-refractivity contribution in [2.45, 2.75) is 70.4 Å². The highest BCUT2D eigenvalue weighted by molar-refractivity contribution is 5.73. The molecular formula is C33H42N4O6. The van der Waals surface area contributed by atoms with Crippen molar-refractivity contribution in [1.29, 1.82) is 0 Å². The minimum Gasteiger partial charge on any atom is -0.508 e. The Kier molecular flexibility index (Phi) is 11.8. The van der Waals surface area contributed by atoms with Crippen LogP contribution in [0.1, 0.15) is 45.1 Å². The topological polar surface area (TPSA) is 143 Å². The summed E-state index contributed by atoms with van der Waals surface area (Å²) in [4.78, 5) is 8.44. The Morgan fingerprint density at radius 3 is 1.79 bits per heavy atom. The standard InChI is InChI=1S/C20H24N2O3.C13H18N2O3/c1-2-17(11-16-14-24-20(21)22-16)25-19-10-6-9-18(12-19)23-13-15-7-4-3-5-8-15;1-2-11(6-9-8-17-13(14)15-9)18-12-5-3-4-10(16)7-12/h3-10,12,16-17H,2,11,13-14H2,1H3,(H2,21,22);3-5,7,9,11,16H,2,6,8H2,1H3,(H2,14,15)/t16-,17-;9-,11-/m00/s1. The normalized spacial score (nSPS) is 18.6. The molecule has 0 amide bonds. The van der Waals surface area contributed by atoms with E-state index in [-0.39, 0.29) is 42.1 Å². The maximum atomic E-state index is 9.38. The SMILES string of the molecule is CC[C@@H](C[C@H]1COC(N)=N1)Oc1cccc(O)c1.CC[C@@H](C[C@H]1COC(N)=N1)Oc1cccc(OCc2ccccc2)c1. The highest BCUT2D eigenvalue weighted by atomic mass is 16.5. The summed E-state index contributed by atoms with van der Waals surface area (Å²) in [5, 5.41) is 9.38. The van der Waals surface area contributed by atoms with Crippen LogP contribution in [-0.2, 0) is 16.1 Å². The average Bonchev–Trinajstić information content (AvgIpc) is 3.63. The second-order valence-corrected chi connectivity index (χ2v) is 10.4. The number of hydrogen-bond donors (Lipinski definition) is 3. The molecule has 0 spiro atoms. The Labute approximate surface area is 253 Å². The van der Waals surface area contributed by atoms with Crippen LogP contribution >= 0.6 is 0 Å². The van der Waals surface area contributed by atoms with Gasteiger partial charge in [-0.3, -0.25) is 0 Å². The third-order valence-corrected chi connectivity index (χ3v) is 6.92. The molecule has 5 rings (SSSR count). The molecule has 3 aromatic carbocycles. The fraction of sp³-hybridized carbons (Fsp3) is 0.394. The number of benzene rings is 3. The van der Waals surface area contributed by atoms with E-state index in [1.807, 2.05) is 60.7 Å². The monoisotopic (exact) mass is 590 g/mol. The summed E-state index contributed by atoms with van der Waals surface area (Å²) >= 11 is 0. The Hall–Kier alpha value is -4.60. The fourth-order valence-electron chi connectivity index (χ4n) is 4.64. The largest absolute Gasteiger partial charge is 0.508 e. The molecule has 230 valence electrons. The van der Waals surface area contributed by atoms with Gasteiger partial charge in [-0.25, -0.2) is 9.98 Å². The lowest BCUT2D eigenvalue weighted by Gasteiger charge is -2.19. The maximum Gasteiger partial charge on any atom is 0.282 e. The van der Waals surface area contributed by atoms with Crippen molar-refractivity contribution >= 4 is 12.0 Å². The number of hydrogen-bond acceptors (Lipinski definition) is 10. The summed E-state index contributed by atoms with van der Waals surface area (Å²) in [5.41, 5.74) is 12.2. The van der Waals surface area contributed by atoms with Crippen LogP contribution < -0.4 is 25.7 Å². The summed E-state index contributed by atoms with van der Waals surface area (Å²) in [6.45, 7) is 5.74. The first-order chi connectivity index (χ1) is 20.9. The molecule has 0 aromatic heterocycles. The lowest BCUT2D eigenvalue weighted by atomic mass is 10.1. The van der Waals surface area contributed by atoms with Gasteiger partial charge in [0.25, 0.3) is 12.0 Å².